The van der Waals surface area contributed by atoms with Crippen LogP contribution in [0.15, 0.2) is 30.3 Å². The van der Waals surface area contributed by atoms with Crippen LogP contribution in [0.2, 0.25) is 0 Å². The predicted octanol–water partition coefficient (Wildman–Crippen LogP) is 2.68. The van der Waals surface area contributed by atoms with Crippen molar-refractivity contribution in [3.63, 3.8) is 0 Å². The van der Waals surface area contributed by atoms with Crippen LogP contribution >= 0.6 is 11.6 Å². The highest BCUT2D eigenvalue weighted by atomic mass is 35.5. The van der Waals surface area contributed by atoms with Gasteiger partial charge in [0.1, 0.15) is 0 Å². The summed E-state index contributed by atoms with van der Waals surface area (Å²) in [6, 6.07) is 9.69. The van der Waals surface area contributed by atoms with E-state index in [1.807, 2.05) is 44.2 Å². The minimum Gasteiger partial charge on any atom is -0.212 e. The number of halogens is 1. The molecule has 0 aliphatic rings. The number of benzene rings is 1. The Morgan fingerprint density at radius 2 is 1.89 bits per heavy atom. The quantitative estimate of drug-likeness (QED) is 0.724. The van der Waals surface area contributed by atoms with Crippen LogP contribution in [0.5, 0.6) is 0 Å². The Kier molecular flexibility index (Phi) is 6.12. The van der Waals surface area contributed by atoms with Crippen molar-refractivity contribution in [1.82, 2.24) is 4.31 Å². The van der Waals surface area contributed by atoms with Crippen LogP contribution in [-0.4, -0.2) is 37.4 Å². The van der Waals surface area contributed by atoms with Gasteiger partial charge in [-0.2, -0.15) is 0 Å². The normalized spacial score (nSPS) is 13.8. The monoisotopic (exact) mass is 289 g/mol. The zero-order chi connectivity index (χ0) is 13.6. The number of alkyl halides is 1. The van der Waals surface area contributed by atoms with Crippen molar-refractivity contribution in [3.05, 3.63) is 35.9 Å². The molecule has 0 aliphatic carbocycles. The maximum atomic E-state index is 12.2. The van der Waals surface area contributed by atoms with E-state index in [0.29, 0.717) is 19.0 Å². The largest absolute Gasteiger partial charge is 0.214 e. The molecular weight excluding hydrogens is 270 g/mol. The summed E-state index contributed by atoms with van der Waals surface area (Å²) in [6.45, 7) is 4.61. The van der Waals surface area contributed by atoms with Gasteiger partial charge in [0.05, 0.1) is 5.75 Å². The molecule has 0 fully saturated rings. The molecule has 1 aromatic carbocycles. The molecule has 0 saturated heterocycles. The van der Waals surface area contributed by atoms with Crippen LogP contribution < -0.4 is 0 Å². The highest BCUT2D eigenvalue weighted by Crippen LogP contribution is 2.18. The topological polar surface area (TPSA) is 37.4 Å². The van der Waals surface area contributed by atoms with Gasteiger partial charge in [-0.3, -0.25) is 0 Å². The highest BCUT2D eigenvalue weighted by Gasteiger charge is 2.23. The summed E-state index contributed by atoms with van der Waals surface area (Å²) in [5.41, 5.74) is 1.04. The molecule has 0 aliphatic heterocycles. The summed E-state index contributed by atoms with van der Waals surface area (Å²) >= 11 is 5.63. The second kappa shape index (κ2) is 7.12. The fourth-order valence-corrected chi connectivity index (χ4v) is 3.99. The maximum Gasteiger partial charge on any atom is 0.214 e. The molecular formula is C13H20ClNO2S. The number of nitrogens with zero attached hydrogens (tertiary/aromatic N) is 1. The Hall–Kier alpha value is -0.580. The van der Waals surface area contributed by atoms with Crippen LogP contribution in [0.4, 0.5) is 0 Å². The van der Waals surface area contributed by atoms with Crippen molar-refractivity contribution < 1.29 is 8.42 Å². The third kappa shape index (κ3) is 4.26. The van der Waals surface area contributed by atoms with E-state index >= 15 is 0 Å². The number of hydrogen-bond acceptors (Lipinski definition) is 2. The fraction of sp³-hybridized carbons (Fsp3) is 0.538. The molecule has 0 spiro atoms. The average molecular weight is 290 g/mol. The van der Waals surface area contributed by atoms with Gasteiger partial charge < -0.3 is 0 Å². The molecule has 0 radical (unpaired) electrons. The van der Waals surface area contributed by atoms with Crippen LogP contribution in [0.1, 0.15) is 25.3 Å². The van der Waals surface area contributed by atoms with Crippen molar-refractivity contribution in [2.24, 2.45) is 0 Å². The zero-order valence-electron chi connectivity index (χ0n) is 10.8. The first-order chi connectivity index (χ1) is 8.51. The van der Waals surface area contributed by atoms with Gasteiger partial charge >= 0.3 is 0 Å². The van der Waals surface area contributed by atoms with Gasteiger partial charge in [0.15, 0.2) is 0 Å². The van der Waals surface area contributed by atoms with E-state index in [1.165, 1.54) is 4.31 Å². The Balaban J connectivity index is 2.76. The molecule has 0 saturated carbocycles. The standard InChI is InChI=1S/C13H20ClNO2S/c1-3-15(10-9-14)18(16,17)11-12(2)13-7-5-4-6-8-13/h4-8,12H,3,9-11H2,1-2H3. The Labute approximate surface area is 115 Å². The summed E-state index contributed by atoms with van der Waals surface area (Å²) in [7, 11) is -3.23. The number of rotatable bonds is 7. The smallest absolute Gasteiger partial charge is 0.212 e. The van der Waals surface area contributed by atoms with Crippen LogP contribution in [-0.2, 0) is 10.0 Å². The van der Waals surface area contributed by atoms with E-state index in [-0.39, 0.29) is 11.7 Å². The lowest BCUT2D eigenvalue weighted by Crippen LogP contribution is -2.35. The molecule has 0 heterocycles. The molecule has 3 nitrogen and oxygen atoms in total. The maximum absolute atomic E-state index is 12.2. The van der Waals surface area contributed by atoms with E-state index in [9.17, 15) is 8.42 Å². The van der Waals surface area contributed by atoms with E-state index in [1.54, 1.807) is 0 Å². The lowest BCUT2D eigenvalue weighted by molar-refractivity contribution is 0.444. The van der Waals surface area contributed by atoms with Crippen molar-refractivity contribution in [1.29, 1.82) is 0 Å². The highest BCUT2D eigenvalue weighted by molar-refractivity contribution is 7.89. The molecule has 1 aromatic rings. The van der Waals surface area contributed by atoms with Crippen molar-refractivity contribution >= 4 is 21.6 Å². The second-order valence-corrected chi connectivity index (χ2v) is 6.66. The molecule has 1 rings (SSSR count). The van der Waals surface area contributed by atoms with Crippen LogP contribution in [0.3, 0.4) is 0 Å². The number of hydrogen-bond donors (Lipinski definition) is 0. The first-order valence-corrected chi connectivity index (χ1v) is 8.24. The van der Waals surface area contributed by atoms with Gasteiger partial charge in [-0.05, 0) is 11.5 Å². The van der Waals surface area contributed by atoms with Gasteiger partial charge in [0, 0.05) is 19.0 Å². The first-order valence-electron chi connectivity index (χ1n) is 6.10. The molecule has 0 bridgehead atoms. The lowest BCUT2D eigenvalue weighted by atomic mass is 10.0. The molecule has 5 heteroatoms. The van der Waals surface area contributed by atoms with E-state index < -0.39 is 10.0 Å². The second-order valence-electron chi connectivity index (χ2n) is 4.27. The van der Waals surface area contributed by atoms with Crippen LogP contribution in [0, 0.1) is 0 Å². The first kappa shape index (κ1) is 15.5. The predicted molar refractivity (Wildman–Crippen MR) is 76.6 cm³/mol. The number of sulfonamides is 1. The summed E-state index contributed by atoms with van der Waals surface area (Å²) in [5, 5.41) is 0. The molecule has 0 amide bonds. The summed E-state index contributed by atoms with van der Waals surface area (Å²) in [4.78, 5) is 0. The van der Waals surface area contributed by atoms with E-state index in [0.717, 1.165) is 5.56 Å². The van der Waals surface area contributed by atoms with Gasteiger partial charge in [-0.1, -0.05) is 44.2 Å². The minimum absolute atomic E-state index is 0.0134. The average Bonchev–Trinajstić information content (AvgIpc) is 2.36. The Bertz CT molecular complexity index is 447. The Morgan fingerprint density at radius 1 is 1.28 bits per heavy atom. The molecule has 18 heavy (non-hydrogen) atoms. The fourth-order valence-electron chi connectivity index (χ4n) is 1.89. The summed E-state index contributed by atoms with van der Waals surface area (Å²) in [5.74, 6) is 0.440. The summed E-state index contributed by atoms with van der Waals surface area (Å²) < 4.78 is 25.8. The summed E-state index contributed by atoms with van der Waals surface area (Å²) in [6.07, 6.45) is 0. The van der Waals surface area contributed by atoms with Crippen LogP contribution in [0.25, 0.3) is 0 Å². The van der Waals surface area contributed by atoms with Crippen molar-refractivity contribution in [2.45, 2.75) is 19.8 Å². The third-order valence-corrected chi connectivity index (χ3v) is 5.23. The third-order valence-electron chi connectivity index (χ3n) is 2.91. The molecule has 0 N–H and O–H groups in total. The molecule has 1 atom stereocenters. The minimum atomic E-state index is -3.23. The van der Waals surface area contributed by atoms with E-state index in [2.05, 4.69) is 0 Å². The van der Waals surface area contributed by atoms with Gasteiger partial charge in [-0.15, -0.1) is 11.6 Å². The molecule has 0 aromatic heterocycles. The van der Waals surface area contributed by atoms with Crippen molar-refractivity contribution in [3.8, 4) is 0 Å². The van der Waals surface area contributed by atoms with Gasteiger partial charge in [0.25, 0.3) is 0 Å². The molecule has 102 valence electrons. The molecule has 1 unspecified atom stereocenters. The van der Waals surface area contributed by atoms with Gasteiger partial charge in [-0.25, -0.2) is 12.7 Å². The van der Waals surface area contributed by atoms with E-state index in [4.69, 9.17) is 11.6 Å². The zero-order valence-corrected chi connectivity index (χ0v) is 12.4. The SMILES string of the molecule is CCN(CCCl)S(=O)(=O)CC(C)c1ccccc1. The Morgan fingerprint density at radius 3 is 2.39 bits per heavy atom. The lowest BCUT2D eigenvalue weighted by Gasteiger charge is -2.21. The van der Waals surface area contributed by atoms with Gasteiger partial charge in [0.2, 0.25) is 10.0 Å². The van der Waals surface area contributed by atoms with Crippen molar-refractivity contribution in [2.75, 3.05) is 24.7 Å².